The van der Waals surface area contributed by atoms with Crippen molar-refractivity contribution < 1.29 is 14.1 Å². The Balaban J connectivity index is 2.03. The highest BCUT2D eigenvalue weighted by Gasteiger charge is 2.34. The standard InChI is InChI=1S/C12H17N3O3S/c1-17-7-9-6-10(14-18-9)12(16)15(8-2-3-8)5-4-11(13)19/h6,8H,2-5,7H2,1H3,(H2,13,19). The summed E-state index contributed by atoms with van der Waals surface area (Å²) in [4.78, 5) is 14.5. The Kier molecular flexibility index (Phi) is 4.49. The Bertz CT molecular complexity index is 471. The minimum Gasteiger partial charge on any atom is -0.393 e. The molecule has 1 heterocycles. The van der Waals surface area contributed by atoms with Gasteiger partial charge < -0.3 is 19.9 Å². The van der Waals surface area contributed by atoms with E-state index in [1.807, 2.05) is 0 Å². The molecule has 2 N–H and O–H groups in total. The summed E-state index contributed by atoms with van der Waals surface area (Å²) in [6, 6.07) is 1.89. The summed E-state index contributed by atoms with van der Waals surface area (Å²) in [5.74, 6) is 0.404. The van der Waals surface area contributed by atoms with E-state index in [2.05, 4.69) is 5.16 Å². The third kappa shape index (κ3) is 3.74. The zero-order chi connectivity index (χ0) is 13.8. The molecule has 0 aliphatic heterocycles. The first-order valence-corrected chi connectivity index (χ1v) is 6.56. The van der Waals surface area contributed by atoms with E-state index in [1.54, 1.807) is 18.1 Å². The van der Waals surface area contributed by atoms with Crippen LogP contribution in [0.4, 0.5) is 0 Å². The number of carbonyl (C=O) groups is 1. The van der Waals surface area contributed by atoms with Crippen LogP contribution < -0.4 is 5.73 Å². The van der Waals surface area contributed by atoms with Gasteiger partial charge in [-0.05, 0) is 12.8 Å². The number of aromatic nitrogens is 1. The first kappa shape index (κ1) is 14.0. The molecule has 7 heteroatoms. The molecular formula is C12H17N3O3S. The third-order valence-electron chi connectivity index (χ3n) is 2.91. The van der Waals surface area contributed by atoms with Crippen LogP contribution in [0, 0.1) is 0 Å². The number of nitrogens with two attached hydrogens (primary N) is 1. The maximum atomic E-state index is 12.3. The van der Waals surface area contributed by atoms with Crippen molar-refractivity contribution in [1.29, 1.82) is 0 Å². The number of amides is 1. The normalized spacial score (nSPS) is 14.4. The van der Waals surface area contributed by atoms with E-state index in [0.29, 0.717) is 36.0 Å². The summed E-state index contributed by atoms with van der Waals surface area (Å²) in [7, 11) is 1.56. The van der Waals surface area contributed by atoms with Crippen molar-refractivity contribution in [2.45, 2.75) is 31.9 Å². The molecule has 1 aromatic heterocycles. The van der Waals surface area contributed by atoms with Gasteiger partial charge in [-0.25, -0.2) is 0 Å². The lowest BCUT2D eigenvalue weighted by Gasteiger charge is -2.20. The van der Waals surface area contributed by atoms with Gasteiger partial charge in [0.2, 0.25) is 0 Å². The van der Waals surface area contributed by atoms with Gasteiger partial charge in [0.25, 0.3) is 5.91 Å². The van der Waals surface area contributed by atoms with E-state index in [9.17, 15) is 4.79 Å². The summed E-state index contributed by atoms with van der Waals surface area (Å²) in [5.41, 5.74) is 5.79. The zero-order valence-corrected chi connectivity index (χ0v) is 11.6. The maximum Gasteiger partial charge on any atom is 0.276 e. The summed E-state index contributed by atoms with van der Waals surface area (Å²) in [5, 5.41) is 3.78. The van der Waals surface area contributed by atoms with Crippen LogP contribution in [-0.2, 0) is 11.3 Å². The smallest absolute Gasteiger partial charge is 0.276 e. The molecule has 1 saturated carbocycles. The second-order valence-corrected chi connectivity index (χ2v) is 5.08. The molecule has 0 atom stereocenters. The van der Waals surface area contributed by atoms with Crippen LogP contribution in [0.1, 0.15) is 35.5 Å². The molecule has 1 fully saturated rings. The summed E-state index contributed by atoms with van der Waals surface area (Å²) in [6.07, 6.45) is 2.57. The monoisotopic (exact) mass is 283 g/mol. The molecule has 1 aliphatic carbocycles. The fraction of sp³-hybridized carbons (Fsp3) is 0.583. The topological polar surface area (TPSA) is 81.6 Å². The van der Waals surface area contributed by atoms with Crippen LogP contribution in [0.25, 0.3) is 0 Å². The van der Waals surface area contributed by atoms with E-state index < -0.39 is 0 Å². The van der Waals surface area contributed by atoms with Crippen molar-refractivity contribution in [3.8, 4) is 0 Å². The Morgan fingerprint density at radius 3 is 3.00 bits per heavy atom. The van der Waals surface area contributed by atoms with Crippen molar-refractivity contribution in [2.24, 2.45) is 5.73 Å². The first-order chi connectivity index (χ1) is 9.11. The average molecular weight is 283 g/mol. The molecule has 0 aromatic carbocycles. The largest absolute Gasteiger partial charge is 0.393 e. The van der Waals surface area contributed by atoms with E-state index in [0.717, 1.165) is 12.8 Å². The Morgan fingerprint density at radius 1 is 1.68 bits per heavy atom. The lowest BCUT2D eigenvalue weighted by molar-refractivity contribution is 0.0737. The van der Waals surface area contributed by atoms with Gasteiger partial charge in [0.1, 0.15) is 6.61 Å². The second kappa shape index (κ2) is 6.12. The number of hydrogen-bond acceptors (Lipinski definition) is 5. The Hall–Kier alpha value is -1.47. The van der Waals surface area contributed by atoms with Crippen molar-refractivity contribution >= 4 is 23.1 Å². The maximum absolute atomic E-state index is 12.3. The highest BCUT2D eigenvalue weighted by atomic mass is 32.1. The summed E-state index contributed by atoms with van der Waals surface area (Å²) < 4.78 is 9.96. The van der Waals surface area contributed by atoms with E-state index in [-0.39, 0.29) is 11.9 Å². The van der Waals surface area contributed by atoms with Gasteiger partial charge in [0.05, 0.1) is 4.99 Å². The van der Waals surface area contributed by atoms with Gasteiger partial charge in [-0.2, -0.15) is 0 Å². The first-order valence-electron chi connectivity index (χ1n) is 6.15. The molecule has 0 spiro atoms. The second-order valence-electron chi connectivity index (χ2n) is 4.56. The predicted molar refractivity (Wildman–Crippen MR) is 72.7 cm³/mol. The van der Waals surface area contributed by atoms with E-state index in [1.165, 1.54) is 0 Å². The number of ether oxygens (including phenoxy) is 1. The molecule has 0 radical (unpaired) electrons. The summed E-state index contributed by atoms with van der Waals surface area (Å²) in [6.45, 7) is 0.835. The molecule has 6 nitrogen and oxygen atoms in total. The van der Waals surface area contributed by atoms with Gasteiger partial charge in [-0.1, -0.05) is 17.4 Å². The molecule has 1 amide bonds. The van der Waals surface area contributed by atoms with Crippen LogP contribution >= 0.6 is 12.2 Å². The van der Waals surface area contributed by atoms with Gasteiger partial charge in [-0.15, -0.1) is 0 Å². The van der Waals surface area contributed by atoms with Crippen LogP contribution in [0.2, 0.25) is 0 Å². The quantitative estimate of drug-likeness (QED) is 0.755. The van der Waals surface area contributed by atoms with Gasteiger partial charge in [0, 0.05) is 32.2 Å². The Morgan fingerprint density at radius 2 is 2.42 bits per heavy atom. The predicted octanol–water partition coefficient (Wildman–Crippen LogP) is 1.10. The van der Waals surface area contributed by atoms with Crippen LogP contribution in [-0.4, -0.2) is 40.6 Å². The van der Waals surface area contributed by atoms with Gasteiger partial charge >= 0.3 is 0 Å². The molecule has 19 heavy (non-hydrogen) atoms. The highest BCUT2D eigenvalue weighted by Crippen LogP contribution is 2.28. The van der Waals surface area contributed by atoms with Crippen LogP contribution in [0.15, 0.2) is 10.6 Å². The zero-order valence-electron chi connectivity index (χ0n) is 10.8. The van der Waals surface area contributed by atoms with Gasteiger partial charge in [-0.3, -0.25) is 4.79 Å². The fourth-order valence-electron chi connectivity index (χ4n) is 1.84. The van der Waals surface area contributed by atoms with E-state index >= 15 is 0 Å². The molecule has 2 rings (SSSR count). The van der Waals surface area contributed by atoms with Gasteiger partial charge in [0.15, 0.2) is 11.5 Å². The van der Waals surface area contributed by atoms with E-state index in [4.69, 9.17) is 27.2 Å². The molecule has 104 valence electrons. The molecule has 0 saturated heterocycles. The number of hydrogen-bond donors (Lipinski definition) is 1. The fourth-order valence-corrected chi connectivity index (χ4v) is 1.93. The number of carbonyl (C=O) groups excluding carboxylic acids is 1. The van der Waals surface area contributed by atoms with Crippen molar-refractivity contribution in [2.75, 3.05) is 13.7 Å². The third-order valence-corrected chi connectivity index (χ3v) is 3.12. The van der Waals surface area contributed by atoms with Crippen molar-refractivity contribution in [3.63, 3.8) is 0 Å². The van der Waals surface area contributed by atoms with Crippen LogP contribution in [0.5, 0.6) is 0 Å². The molecule has 0 unspecified atom stereocenters. The Labute approximate surface area is 116 Å². The molecule has 1 aromatic rings. The van der Waals surface area contributed by atoms with Crippen LogP contribution in [0.3, 0.4) is 0 Å². The minimum atomic E-state index is -0.134. The number of rotatable bonds is 7. The number of thiocarbonyl (C=S) groups is 1. The number of methoxy groups -OCH3 is 1. The van der Waals surface area contributed by atoms with Crippen molar-refractivity contribution in [1.82, 2.24) is 10.1 Å². The molecule has 0 bridgehead atoms. The lowest BCUT2D eigenvalue weighted by atomic mass is 10.3. The highest BCUT2D eigenvalue weighted by molar-refractivity contribution is 7.80. The SMILES string of the molecule is COCc1cc(C(=O)N(CCC(N)=S)C2CC2)no1. The van der Waals surface area contributed by atoms with Crippen molar-refractivity contribution in [3.05, 3.63) is 17.5 Å². The average Bonchev–Trinajstić information content (AvgIpc) is 3.09. The summed E-state index contributed by atoms with van der Waals surface area (Å²) >= 11 is 4.85. The molecular weight excluding hydrogens is 266 g/mol. The molecule has 1 aliphatic rings. The number of nitrogens with zero attached hydrogens (tertiary/aromatic N) is 2. The minimum absolute atomic E-state index is 0.134. The lowest BCUT2D eigenvalue weighted by Crippen LogP contribution is -2.35.